The van der Waals surface area contributed by atoms with Gasteiger partial charge in [-0.15, -0.1) is 5.10 Å². The topological polar surface area (TPSA) is 97.7 Å². The highest BCUT2D eigenvalue weighted by atomic mass is 16.5. The molecule has 0 spiro atoms. The van der Waals surface area contributed by atoms with Gasteiger partial charge in [-0.1, -0.05) is 0 Å². The number of carbonyl (C=O) groups excluding carboxylic acids is 2. The molecular weight excluding hydrogens is 302 g/mol. The summed E-state index contributed by atoms with van der Waals surface area (Å²) in [4.78, 5) is 26.0. The van der Waals surface area contributed by atoms with Crippen molar-refractivity contribution in [1.82, 2.24) is 25.3 Å². The first kappa shape index (κ1) is 17.2. The van der Waals surface area contributed by atoms with Crippen LogP contribution >= 0.6 is 0 Å². The van der Waals surface area contributed by atoms with Gasteiger partial charge < -0.3 is 20.1 Å². The second kappa shape index (κ2) is 8.49. The fourth-order valence-electron chi connectivity index (χ4n) is 2.27. The van der Waals surface area contributed by atoms with Gasteiger partial charge in [-0.3, -0.25) is 19.2 Å². The lowest BCUT2D eigenvalue weighted by molar-refractivity contribution is -0.120. The van der Waals surface area contributed by atoms with Crippen LogP contribution in [0.2, 0.25) is 0 Å². The molecule has 0 radical (unpaired) electrons. The summed E-state index contributed by atoms with van der Waals surface area (Å²) in [5, 5.41) is 9.34. The van der Waals surface area contributed by atoms with E-state index in [2.05, 4.69) is 20.6 Å². The van der Waals surface area contributed by atoms with Crippen LogP contribution in [0.5, 0.6) is 5.88 Å². The van der Waals surface area contributed by atoms with Crippen molar-refractivity contribution in [2.45, 2.75) is 0 Å². The average molecular weight is 325 g/mol. The van der Waals surface area contributed by atoms with E-state index in [9.17, 15) is 9.59 Å². The van der Waals surface area contributed by atoms with E-state index in [1.165, 1.54) is 11.8 Å². The molecule has 0 aliphatic carbocycles. The molecule has 1 aliphatic heterocycles. The Bertz CT molecular complexity index is 539. The third kappa shape index (κ3) is 5.22. The number of hydrogen-bond donors (Lipinski definition) is 2. The SMILES string of the molecule is COc1nn(C)cc1C(=O)NCC(=O)NCCN1CCOCC1. The maximum absolute atomic E-state index is 12.0. The standard InChI is InChI=1S/C14H23N5O4/c1-18-10-11(14(17-18)22-2)13(21)16-9-12(20)15-3-4-19-5-7-23-8-6-19/h10H,3-9H2,1-2H3,(H,15,20)(H,16,21). The minimum Gasteiger partial charge on any atom is -0.479 e. The van der Waals surface area contributed by atoms with E-state index in [1.54, 1.807) is 13.2 Å². The Morgan fingerprint density at radius 3 is 2.78 bits per heavy atom. The number of carbonyl (C=O) groups is 2. The number of amides is 2. The van der Waals surface area contributed by atoms with E-state index in [0.717, 1.165) is 32.8 Å². The molecule has 1 fully saturated rings. The van der Waals surface area contributed by atoms with Crippen LogP contribution in [0.25, 0.3) is 0 Å². The first-order valence-electron chi connectivity index (χ1n) is 7.53. The van der Waals surface area contributed by atoms with E-state index in [4.69, 9.17) is 9.47 Å². The van der Waals surface area contributed by atoms with Crippen LogP contribution in [-0.4, -0.2) is 79.5 Å². The van der Waals surface area contributed by atoms with Crippen molar-refractivity contribution < 1.29 is 19.1 Å². The van der Waals surface area contributed by atoms with E-state index in [-0.39, 0.29) is 18.3 Å². The predicted molar refractivity (Wildman–Crippen MR) is 82.4 cm³/mol. The monoisotopic (exact) mass is 325 g/mol. The van der Waals surface area contributed by atoms with E-state index < -0.39 is 5.91 Å². The zero-order valence-electron chi connectivity index (χ0n) is 13.5. The van der Waals surface area contributed by atoms with Crippen LogP contribution < -0.4 is 15.4 Å². The number of methoxy groups -OCH3 is 1. The van der Waals surface area contributed by atoms with Gasteiger partial charge in [-0.25, -0.2) is 0 Å². The number of rotatable bonds is 7. The molecule has 2 N–H and O–H groups in total. The largest absolute Gasteiger partial charge is 0.479 e. The summed E-state index contributed by atoms with van der Waals surface area (Å²) in [5.74, 6) is -0.384. The molecule has 0 bridgehead atoms. The van der Waals surface area contributed by atoms with Gasteiger partial charge in [0.25, 0.3) is 5.91 Å². The van der Waals surface area contributed by atoms with Gasteiger partial charge in [0.2, 0.25) is 11.8 Å². The zero-order chi connectivity index (χ0) is 16.7. The van der Waals surface area contributed by atoms with Crippen LogP contribution in [0.15, 0.2) is 6.20 Å². The predicted octanol–water partition coefficient (Wildman–Crippen LogP) is -1.39. The second-order valence-electron chi connectivity index (χ2n) is 5.21. The smallest absolute Gasteiger partial charge is 0.258 e. The van der Waals surface area contributed by atoms with Crippen molar-refractivity contribution in [3.8, 4) is 5.88 Å². The third-order valence-electron chi connectivity index (χ3n) is 3.50. The summed E-state index contributed by atoms with van der Waals surface area (Å²) in [6.07, 6.45) is 1.55. The van der Waals surface area contributed by atoms with Crippen molar-refractivity contribution in [2.24, 2.45) is 7.05 Å². The van der Waals surface area contributed by atoms with Crippen LogP contribution in [0.3, 0.4) is 0 Å². The summed E-state index contributed by atoms with van der Waals surface area (Å²) in [6, 6.07) is 0. The molecule has 0 atom stereocenters. The minimum absolute atomic E-state index is 0.0833. The summed E-state index contributed by atoms with van der Waals surface area (Å²) in [5.41, 5.74) is 0.302. The van der Waals surface area contributed by atoms with Crippen LogP contribution in [-0.2, 0) is 16.6 Å². The maximum atomic E-state index is 12.0. The highest BCUT2D eigenvalue weighted by molar-refractivity contribution is 5.98. The van der Waals surface area contributed by atoms with Crippen molar-refractivity contribution in [3.05, 3.63) is 11.8 Å². The zero-order valence-corrected chi connectivity index (χ0v) is 13.5. The van der Waals surface area contributed by atoms with Gasteiger partial charge in [0.15, 0.2) is 0 Å². The Balaban J connectivity index is 1.68. The van der Waals surface area contributed by atoms with Crippen LogP contribution in [0.1, 0.15) is 10.4 Å². The van der Waals surface area contributed by atoms with Crippen LogP contribution in [0, 0.1) is 0 Å². The van der Waals surface area contributed by atoms with Gasteiger partial charge >= 0.3 is 0 Å². The molecule has 0 aromatic carbocycles. The van der Waals surface area contributed by atoms with Crippen molar-refractivity contribution in [1.29, 1.82) is 0 Å². The molecule has 2 rings (SSSR count). The fraction of sp³-hybridized carbons (Fsp3) is 0.643. The molecule has 0 saturated carbocycles. The molecule has 1 aliphatic rings. The third-order valence-corrected chi connectivity index (χ3v) is 3.50. The molecule has 0 unspecified atom stereocenters. The molecule has 1 aromatic heterocycles. The molecule has 9 heteroatoms. The van der Waals surface area contributed by atoms with Crippen LogP contribution in [0.4, 0.5) is 0 Å². The summed E-state index contributed by atoms with van der Waals surface area (Å²) >= 11 is 0. The molecule has 2 amide bonds. The van der Waals surface area contributed by atoms with Gasteiger partial charge in [0, 0.05) is 39.4 Å². The normalized spacial score (nSPS) is 15.2. The summed E-state index contributed by atoms with van der Waals surface area (Å²) in [7, 11) is 3.13. The van der Waals surface area contributed by atoms with Crippen molar-refractivity contribution in [3.63, 3.8) is 0 Å². The van der Waals surface area contributed by atoms with Crippen molar-refractivity contribution in [2.75, 3.05) is 53.0 Å². The van der Waals surface area contributed by atoms with Gasteiger partial charge in [0.1, 0.15) is 5.56 Å². The number of hydrogen-bond acceptors (Lipinski definition) is 6. The Morgan fingerprint density at radius 1 is 1.35 bits per heavy atom. The fourth-order valence-corrected chi connectivity index (χ4v) is 2.27. The lowest BCUT2D eigenvalue weighted by Gasteiger charge is -2.26. The first-order valence-corrected chi connectivity index (χ1v) is 7.53. The quantitative estimate of drug-likeness (QED) is 0.640. The van der Waals surface area contributed by atoms with E-state index in [1.807, 2.05) is 0 Å². The Labute approximate surface area is 134 Å². The van der Waals surface area contributed by atoms with Gasteiger partial charge in [-0.05, 0) is 0 Å². The Hall–Kier alpha value is -2.13. The number of nitrogens with one attached hydrogen (secondary N) is 2. The molecule has 128 valence electrons. The van der Waals surface area contributed by atoms with E-state index >= 15 is 0 Å². The maximum Gasteiger partial charge on any atom is 0.258 e. The number of aromatic nitrogens is 2. The van der Waals surface area contributed by atoms with Crippen molar-refractivity contribution >= 4 is 11.8 Å². The molecule has 23 heavy (non-hydrogen) atoms. The number of nitrogens with zero attached hydrogens (tertiary/aromatic N) is 3. The molecule has 1 aromatic rings. The molecule has 1 saturated heterocycles. The average Bonchev–Trinajstić information content (AvgIpc) is 2.94. The van der Waals surface area contributed by atoms with Gasteiger partial charge in [0.05, 0.1) is 26.9 Å². The lowest BCUT2D eigenvalue weighted by Crippen LogP contribution is -2.43. The second-order valence-corrected chi connectivity index (χ2v) is 5.21. The first-order chi connectivity index (χ1) is 11.1. The Morgan fingerprint density at radius 2 is 2.09 bits per heavy atom. The molecular formula is C14H23N5O4. The summed E-state index contributed by atoms with van der Waals surface area (Å²) < 4.78 is 11.8. The number of morpholine rings is 1. The minimum atomic E-state index is -0.390. The summed E-state index contributed by atoms with van der Waals surface area (Å²) in [6.45, 7) is 4.47. The highest BCUT2D eigenvalue weighted by Crippen LogP contribution is 2.13. The van der Waals surface area contributed by atoms with E-state index in [0.29, 0.717) is 12.1 Å². The van der Waals surface area contributed by atoms with Gasteiger partial charge in [-0.2, -0.15) is 0 Å². The molecule has 2 heterocycles. The Kier molecular flexibility index (Phi) is 6.36. The lowest BCUT2D eigenvalue weighted by atomic mass is 10.3. The molecule has 9 nitrogen and oxygen atoms in total. The number of aryl methyl sites for hydroxylation is 1. The highest BCUT2D eigenvalue weighted by Gasteiger charge is 2.17. The number of ether oxygens (including phenoxy) is 2.